The minimum Gasteiger partial charge on any atom is -0.473 e. The van der Waals surface area contributed by atoms with Crippen molar-refractivity contribution in [2.24, 2.45) is 0 Å². The smallest absolute Gasteiger partial charge is 0.473 e. The molecule has 0 aliphatic rings. The lowest BCUT2D eigenvalue weighted by molar-refractivity contribution is -0.355. The molecule has 4 N–H and O–H groups in total. The summed E-state index contributed by atoms with van der Waals surface area (Å²) in [5.74, 6) is -1.76. The Morgan fingerprint density at radius 2 is 2.09 bits per heavy atom. The van der Waals surface area contributed by atoms with E-state index in [2.05, 4.69) is 19.7 Å². The number of halogens is 3. The number of hydrogen-bond donors (Lipinski definition) is 2. The van der Waals surface area contributed by atoms with Gasteiger partial charge in [0.05, 0.1) is 44.4 Å². The number of carbonyl (C=O) groups excluding carboxylic acids is 1. The summed E-state index contributed by atoms with van der Waals surface area (Å²) in [4.78, 5) is 21.2. The standard InChI is InChI=1S/C16H21N5O3S.C3H3F3O2/c1-4-10(6-22)24-9(2)21-5-11(12-7-25-16(20-12)23-3)13-14(17)18-8-19-15(13)21;1-8-2(7)3(4,5)6/h5,7-10,22H,4,6H2,1-3H3,(H2,17,18,19);1H3/p+1/t9-,10+;/m1./s1. The molecule has 3 aromatic rings. The van der Waals surface area contributed by atoms with Crippen molar-refractivity contribution >= 4 is 34.2 Å². The molecule has 0 saturated heterocycles. The van der Waals surface area contributed by atoms with Gasteiger partial charge in [-0.05, 0) is 13.3 Å². The highest BCUT2D eigenvalue weighted by molar-refractivity contribution is 7.11. The van der Waals surface area contributed by atoms with E-state index in [-0.39, 0.29) is 18.9 Å². The molecule has 3 heterocycles. The van der Waals surface area contributed by atoms with Crippen molar-refractivity contribution in [2.45, 2.75) is 38.8 Å². The maximum absolute atomic E-state index is 11.0. The Hall–Kier alpha value is -2.97. The number of aromatic nitrogens is 4. The highest BCUT2D eigenvalue weighted by atomic mass is 32.1. The molecule has 3 rings (SSSR count). The normalized spacial score (nSPS) is 13.2. The number of aliphatic hydroxyl groups is 1. The average molecular weight is 493 g/mol. The topological polar surface area (TPSA) is 136 Å². The largest absolute Gasteiger partial charge is 0.490 e. The van der Waals surface area contributed by atoms with Crippen LogP contribution in [-0.4, -0.2) is 58.7 Å². The first-order valence-corrected chi connectivity index (χ1v) is 10.5. The molecule has 0 saturated carbocycles. The Bertz CT molecular complexity index is 1070. The maximum Gasteiger partial charge on any atom is 0.490 e. The molecule has 0 bridgehead atoms. The van der Waals surface area contributed by atoms with Gasteiger partial charge in [0, 0.05) is 5.38 Å². The SMILES string of the molecule is CC[C@@H](CO)O[C@H](C)n1cc(-c2csc(OC)n2)c2c(N)nc[nH+]c21.COC(=O)C(F)(F)F. The molecule has 0 fully saturated rings. The Morgan fingerprint density at radius 3 is 2.58 bits per heavy atom. The van der Waals surface area contributed by atoms with Gasteiger partial charge >= 0.3 is 12.1 Å². The number of nitrogen functional groups attached to an aromatic ring is 1. The van der Waals surface area contributed by atoms with Crippen molar-refractivity contribution in [1.29, 1.82) is 0 Å². The second-order valence-corrected chi connectivity index (χ2v) is 7.42. The molecule has 0 aliphatic heterocycles. The predicted molar refractivity (Wildman–Crippen MR) is 113 cm³/mol. The number of esters is 1. The molecular weight excluding hydrogens is 467 g/mol. The lowest BCUT2D eigenvalue weighted by Gasteiger charge is -2.18. The van der Waals surface area contributed by atoms with E-state index in [0.29, 0.717) is 18.1 Å². The number of methoxy groups -OCH3 is 2. The third kappa shape index (κ3) is 6.30. The van der Waals surface area contributed by atoms with Crippen molar-refractivity contribution in [2.75, 3.05) is 26.6 Å². The monoisotopic (exact) mass is 492 g/mol. The van der Waals surface area contributed by atoms with Crippen LogP contribution in [0.1, 0.15) is 26.5 Å². The van der Waals surface area contributed by atoms with E-state index in [9.17, 15) is 23.1 Å². The lowest BCUT2D eigenvalue weighted by atomic mass is 10.2. The van der Waals surface area contributed by atoms with Crippen molar-refractivity contribution in [3.63, 3.8) is 0 Å². The Kier molecular flexibility index (Phi) is 8.96. The van der Waals surface area contributed by atoms with Crippen LogP contribution < -0.4 is 15.5 Å². The summed E-state index contributed by atoms with van der Waals surface area (Å²) in [6, 6.07) is 0. The van der Waals surface area contributed by atoms with Crippen LogP contribution in [0.4, 0.5) is 19.0 Å². The van der Waals surface area contributed by atoms with E-state index in [1.807, 2.05) is 30.0 Å². The van der Waals surface area contributed by atoms with Crippen LogP contribution in [0.15, 0.2) is 17.9 Å². The molecule has 33 heavy (non-hydrogen) atoms. The molecule has 14 heteroatoms. The van der Waals surface area contributed by atoms with Crippen LogP contribution in [0, 0.1) is 0 Å². The molecule has 0 radical (unpaired) electrons. The Morgan fingerprint density at radius 1 is 1.39 bits per heavy atom. The van der Waals surface area contributed by atoms with Gasteiger partial charge in [0.2, 0.25) is 17.8 Å². The van der Waals surface area contributed by atoms with Gasteiger partial charge in [-0.1, -0.05) is 23.2 Å². The molecule has 0 amide bonds. The number of nitrogens with one attached hydrogen (secondary N) is 1. The van der Waals surface area contributed by atoms with E-state index >= 15 is 0 Å². The number of fused-ring (bicyclic) bond motifs is 1. The fourth-order valence-corrected chi connectivity index (χ4v) is 3.48. The summed E-state index contributed by atoms with van der Waals surface area (Å²) in [7, 11) is 2.26. The van der Waals surface area contributed by atoms with Crippen LogP contribution in [0.3, 0.4) is 0 Å². The highest BCUT2D eigenvalue weighted by Gasteiger charge is 2.40. The maximum atomic E-state index is 11.0. The van der Waals surface area contributed by atoms with Gasteiger partial charge in [-0.15, -0.1) is 0 Å². The minimum atomic E-state index is -4.85. The first kappa shape index (κ1) is 26.3. The third-order valence-corrected chi connectivity index (χ3v) is 5.28. The number of anilines is 1. The quantitative estimate of drug-likeness (QED) is 0.481. The summed E-state index contributed by atoms with van der Waals surface area (Å²) in [5.41, 5.74) is 8.52. The summed E-state index contributed by atoms with van der Waals surface area (Å²) >= 11 is 1.42. The van der Waals surface area contributed by atoms with E-state index in [1.165, 1.54) is 11.3 Å². The summed E-state index contributed by atoms with van der Waals surface area (Å²) in [5, 5.41) is 12.7. The van der Waals surface area contributed by atoms with Crippen LogP contribution in [-0.2, 0) is 14.3 Å². The van der Waals surface area contributed by atoms with E-state index < -0.39 is 12.1 Å². The molecule has 0 spiro atoms. The van der Waals surface area contributed by atoms with Crippen LogP contribution in [0.2, 0.25) is 0 Å². The molecule has 10 nitrogen and oxygen atoms in total. The summed E-state index contributed by atoms with van der Waals surface area (Å²) in [6.07, 6.45) is -1.17. The van der Waals surface area contributed by atoms with Crippen molar-refractivity contribution in [3.05, 3.63) is 17.9 Å². The predicted octanol–water partition coefficient (Wildman–Crippen LogP) is 2.59. The number of rotatable bonds is 7. The van der Waals surface area contributed by atoms with Crippen molar-refractivity contribution in [3.8, 4) is 16.5 Å². The number of thiazole rings is 1. The highest BCUT2D eigenvalue weighted by Crippen LogP contribution is 2.35. The van der Waals surface area contributed by atoms with Gasteiger partial charge in [0.15, 0.2) is 6.23 Å². The van der Waals surface area contributed by atoms with Crippen molar-refractivity contribution < 1.29 is 42.3 Å². The molecule has 0 unspecified atom stereocenters. The first-order chi connectivity index (χ1) is 15.6. The van der Waals surface area contributed by atoms with Gasteiger partial charge < -0.3 is 25.1 Å². The molecule has 0 aromatic carbocycles. The lowest BCUT2D eigenvalue weighted by Crippen LogP contribution is -2.23. The zero-order valence-electron chi connectivity index (χ0n) is 18.3. The van der Waals surface area contributed by atoms with Crippen LogP contribution in [0.5, 0.6) is 5.19 Å². The van der Waals surface area contributed by atoms with Crippen LogP contribution >= 0.6 is 11.3 Å². The van der Waals surface area contributed by atoms with Gasteiger partial charge in [-0.25, -0.2) is 19.3 Å². The number of H-pyrrole nitrogens is 1. The first-order valence-electron chi connectivity index (χ1n) is 9.65. The number of hydrogen-bond acceptors (Lipinski definition) is 9. The summed E-state index contributed by atoms with van der Waals surface area (Å²) < 4.78 is 49.3. The van der Waals surface area contributed by atoms with Gasteiger partial charge in [0.25, 0.3) is 5.19 Å². The fraction of sp³-hybridized carbons (Fsp3) is 0.474. The number of nitrogens with zero attached hydrogens (tertiary/aromatic N) is 3. The third-order valence-electron chi connectivity index (χ3n) is 4.48. The van der Waals surface area contributed by atoms with Crippen molar-refractivity contribution in [1.82, 2.24) is 14.5 Å². The second kappa shape index (κ2) is 11.2. The van der Waals surface area contributed by atoms with Gasteiger partial charge in [0.1, 0.15) is 5.39 Å². The zero-order chi connectivity index (χ0) is 24.8. The molecule has 2 atom stereocenters. The van der Waals surface area contributed by atoms with E-state index in [4.69, 9.17) is 15.2 Å². The molecule has 182 valence electrons. The number of alkyl halides is 3. The molecule has 3 aromatic heterocycles. The molecular formula is C19H25F3N5O5S+. The van der Waals surface area contributed by atoms with E-state index in [1.54, 1.807) is 13.4 Å². The molecule has 0 aliphatic carbocycles. The van der Waals surface area contributed by atoms with E-state index in [0.717, 1.165) is 28.7 Å². The van der Waals surface area contributed by atoms with Gasteiger partial charge in [-0.2, -0.15) is 13.2 Å². The fourth-order valence-electron chi connectivity index (χ4n) is 2.84. The van der Waals surface area contributed by atoms with Crippen LogP contribution in [0.25, 0.3) is 22.3 Å². The number of carbonyl (C=O) groups is 1. The Labute approximate surface area is 191 Å². The number of aliphatic hydroxyl groups excluding tert-OH is 1. The number of ether oxygens (including phenoxy) is 3. The minimum absolute atomic E-state index is 0.0242. The Balaban J connectivity index is 0.000000414. The number of nitrogens with two attached hydrogens (primary N) is 1. The average Bonchev–Trinajstić information content (AvgIpc) is 3.42. The zero-order valence-corrected chi connectivity index (χ0v) is 19.2. The summed E-state index contributed by atoms with van der Waals surface area (Å²) in [6.45, 7) is 3.87. The van der Waals surface area contributed by atoms with Gasteiger partial charge in [-0.3, -0.25) is 0 Å². The number of aromatic amines is 1. The second-order valence-electron chi connectivity index (χ2n) is 6.60.